The average Bonchev–Trinajstić information content (AvgIpc) is 3.15. The second kappa shape index (κ2) is 8.27. The molecule has 1 aromatic carbocycles. The van der Waals surface area contributed by atoms with E-state index in [2.05, 4.69) is 59.8 Å². The molecule has 0 saturated carbocycles. The summed E-state index contributed by atoms with van der Waals surface area (Å²) in [6.45, 7) is 7.67. The van der Waals surface area contributed by atoms with E-state index in [1.807, 2.05) is 0 Å². The van der Waals surface area contributed by atoms with Crippen molar-refractivity contribution in [1.82, 2.24) is 15.5 Å². The molecule has 2 N–H and O–H groups in total. The number of amides is 1. The zero-order chi connectivity index (χ0) is 18.5. The number of benzene rings is 1. The van der Waals surface area contributed by atoms with Crippen molar-refractivity contribution in [3.63, 3.8) is 0 Å². The Labute approximate surface area is 154 Å². The zero-order valence-electron chi connectivity index (χ0n) is 15.6. The van der Waals surface area contributed by atoms with Crippen LogP contribution in [-0.4, -0.2) is 35.4 Å². The zero-order valence-corrected chi connectivity index (χ0v) is 15.6. The number of rotatable bonds is 6. The van der Waals surface area contributed by atoms with E-state index in [0.29, 0.717) is 24.0 Å². The molecule has 1 amide bonds. The van der Waals surface area contributed by atoms with E-state index < -0.39 is 0 Å². The average molecular weight is 354 g/mol. The van der Waals surface area contributed by atoms with Crippen molar-refractivity contribution >= 4 is 17.4 Å². The first-order valence-corrected chi connectivity index (χ1v) is 9.14. The van der Waals surface area contributed by atoms with E-state index in [0.717, 1.165) is 30.7 Å². The first-order chi connectivity index (χ1) is 12.5. The number of carbonyl (C=O) groups excluding carboxylic acids is 1. The van der Waals surface area contributed by atoms with Gasteiger partial charge >= 0.3 is 0 Å². The molecule has 1 unspecified atom stereocenters. The van der Waals surface area contributed by atoms with Gasteiger partial charge in [0.1, 0.15) is 0 Å². The quantitative estimate of drug-likeness (QED) is 0.829. The van der Waals surface area contributed by atoms with Crippen LogP contribution >= 0.6 is 0 Å². The summed E-state index contributed by atoms with van der Waals surface area (Å²) in [5.41, 5.74) is 3.73. The summed E-state index contributed by atoms with van der Waals surface area (Å²) < 4.78 is 5.51. The lowest BCUT2D eigenvalue weighted by Crippen LogP contribution is -2.32. The highest BCUT2D eigenvalue weighted by Crippen LogP contribution is 2.29. The Bertz CT molecular complexity index is 753. The molecule has 6 nitrogen and oxygen atoms in total. The first kappa shape index (κ1) is 18.3. The molecule has 6 heteroatoms. The fraction of sp³-hybridized carbons (Fsp3) is 0.450. The van der Waals surface area contributed by atoms with E-state index in [4.69, 9.17) is 4.74 Å². The van der Waals surface area contributed by atoms with Crippen LogP contribution in [0.5, 0.6) is 0 Å². The molecular formula is C20H26N4O2. The molecule has 1 fully saturated rings. The van der Waals surface area contributed by atoms with Crippen molar-refractivity contribution in [1.29, 1.82) is 0 Å². The largest absolute Gasteiger partial charge is 0.376 e. The number of hydrogen-bond acceptors (Lipinski definition) is 5. The maximum Gasteiger partial charge on any atom is 0.271 e. The minimum atomic E-state index is -0.224. The Morgan fingerprint density at radius 3 is 2.77 bits per heavy atom. The highest BCUT2D eigenvalue weighted by atomic mass is 16.5. The molecule has 0 spiro atoms. The van der Waals surface area contributed by atoms with Crippen LogP contribution in [0.2, 0.25) is 0 Å². The SMILES string of the molecule is Cc1cccc(C(C)C)c1Nc1ccc(C(=O)NCC2CCCO2)nn1. The Hall–Kier alpha value is -2.47. The Morgan fingerprint density at radius 1 is 1.27 bits per heavy atom. The standard InChI is InChI=1S/C20H26N4O2/c1-13(2)16-8-4-6-14(3)19(16)22-18-10-9-17(23-24-18)20(25)21-12-15-7-5-11-26-15/h4,6,8-10,13,15H,5,7,11-12H2,1-3H3,(H,21,25)(H,22,24). The van der Waals surface area contributed by atoms with Crippen molar-refractivity contribution in [2.75, 3.05) is 18.5 Å². The van der Waals surface area contributed by atoms with Crippen molar-refractivity contribution in [3.8, 4) is 0 Å². The monoisotopic (exact) mass is 354 g/mol. The van der Waals surface area contributed by atoms with Gasteiger partial charge in [-0.25, -0.2) is 0 Å². The minimum Gasteiger partial charge on any atom is -0.376 e. The summed E-state index contributed by atoms with van der Waals surface area (Å²) in [5.74, 6) is 0.795. The second-order valence-electron chi connectivity index (χ2n) is 6.97. The van der Waals surface area contributed by atoms with Crippen LogP contribution < -0.4 is 10.6 Å². The number of anilines is 2. The maximum absolute atomic E-state index is 12.2. The number of para-hydroxylation sites is 1. The fourth-order valence-electron chi connectivity index (χ4n) is 3.09. The topological polar surface area (TPSA) is 76.1 Å². The molecule has 1 saturated heterocycles. The third-order valence-corrected chi connectivity index (χ3v) is 4.59. The van der Waals surface area contributed by atoms with Crippen molar-refractivity contribution < 1.29 is 9.53 Å². The molecule has 1 aromatic heterocycles. The van der Waals surface area contributed by atoms with Gasteiger partial charge in [0, 0.05) is 18.8 Å². The number of aryl methyl sites for hydroxylation is 1. The third-order valence-electron chi connectivity index (χ3n) is 4.59. The fourth-order valence-corrected chi connectivity index (χ4v) is 3.09. The molecule has 1 aliphatic rings. The summed E-state index contributed by atoms with van der Waals surface area (Å²) in [4.78, 5) is 12.2. The van der Waals surface area contributed by atoms with Gasteiger partial charge in [-0.3, -0.25) is 4.79 Å². The van der Waals surface area contributed by atoms with Gasteiger partial charge in [-0.1, -0.05) is 32.0 Å². The van der Waals surface area contributed by atoms with E-state index in [1.54, 1.807) is 12.1 Å². The number of carbonyl (C=O) groups is 1. The van der Waals surface area contributed by atoms with Crippen LogP contribution in [0.15, 0.2) is 30.3 Å². The molecule has 3 rings (SSSR count). The molecule has 0 bridgehead atoms. The number of ether oxygens (including phenoxy) is 1. The number of aromatic nitrogens is 2. The van der Waals surface area contributed by atoms with Gasteiger partial charge in [-0.05, 0) is 48.9 Å². The maximum atomic E-state index is 12.2. The van der Waals surface area contributed by atoms with Crippen LogP contribution in [-0.2, 0) is 4.74 Å². The van der Waals surface area contributed by atoms with Gasteiger partial charge < -0.3 is 15.4 Å². The van der Waals surface area contributed by atoms with Crippen molar-refractivity contribution in [2.24, 2.45) is 0 Å². The molecular weight excluding hydrogens is 328 g/mol. The molecule has 2 aromatic rings. The van der Waals surface area contributed by atoms with Crippen molar-refractivity contribution in [3.05, 3.63) is 47.2 Å². The Balaban J connectivity index is 1.65. The lowest BCUT2D eigenvalue weighted by Gasteiger charge is -2.16. The minimum absolute atomic E-state index is 0.114. The summed E-state index contributed by atoms with van der Waals surface area (Å²) in [5, 5.41) is 14.4. The number of hydrogen-bond donors (Lipinski definition) is 2. The smallest absolute Gasteiger partial charge is 0.271 e. The normalized spacial score (nSPS) is 16.7. The van der Waals surface area contributed by atoms with Crippen molar-refractivity contribution in [2.45, 2.75) is 45.6 Å². The molecule has 0 radical (unpaired) electrons. The highest BCUT2D eigenvalue weighted by Gasteiger charge is 2.17. The summed E-state index contributed by atoms with van der Waals surface area (Å²) in [7, 11) is 0. The van der Waals surface area contributed by atoms with Crippen LogP contribution in [0.3, 0.4) is 0 Å². The predicted octanol–water partition coefficient (Wildman–Crippen LogP) is 3.56. The van der Waals surface area contributed by atoms with E-state index >= 15 is 0 Å². The van der Waals surface area contributed by atoms with E-state index in [-0.39, 0.29) is 12.0 Å². The molecule has 2 heterocycles. The third kappa shape index (κ3) is 4.38. The van der Waals surface area contributed by atoms with Gasteiger partial charge in [0.2, 0.25) is 0 Å². The molecule has 0 aliphatic carbocycles. The van der Waals surface area contributed by atoms with Gasteiger partial charge in [-0.2, -0.15) is 0 Å². The molecule has 26 heavy (non-hydrogen) atoms. The Morgan fingerprint density at radius 2 is 2.12 bits per heavy atom. The Kier molecular flexibility index (Phi) is 5.83. The summed E-state index contributed by atoms with van der Waals surface area (Å²) >= 11 is 0. The molecule has 1 atom stereocenters. The van der Waals surface area contributed by atoms with Gasteiger partial charge in [0.25, 0.3) is 5.91 Å². The van der Waals surface area contributed by atoms with E-state index in [1.165, 1.54) is 5.56 Å². The first-order valence-electron chi connectivity index (χ1n) is 9.14. The van der Waals surface area contributed by atoms with Gasteiger partial charge in [-0.15, -0.1) is 10.2 Å². The van der Waals surface area contributed by atoms with E-state index in [9.17, 15) is 4.79 Å². The summed E-state index contributed by atoms with van der Waals surface area (Å²) in [6, 6.07) is 9.70. The van der Waals surface area contributed by atoms with Crippen LogP contribution in [0.4, 0.5) is 11.5 Å². The lowest BCUT2D eigenvalue weighted by atomic mass is 9.98. The highest BCUT2D eigenvalue weighted by molar-refractivity contribution is 5.92. The number of nitrogens with zero attached hydrogens (tertiary/aromatic N) is 2. The number of nitrogens with one attached hydrogen (secondary N) is 2. The molecule has 1 aliphatic heterocycles. The second-order valence-corrected chi connectivity index (χ2v) is 6.97. The van der Waals surface area contributed by atoms with Gasteiger partial charge in [0.05, 0.1) is 6.10 Å². The van der Waals surface area contributed by atoms with Crippen LogP contribution in [0.25, 0.3) is 0 Å². The lowest BCUT2D eigenvalue weighted by molar-refractivity contribution is 0.0853. The van der Waals surface area contributed by atoms with Gasteiger partial charge in [0.15, 0.2) is 11.5 Å². The van der Waals surface area contributed by atoms with Crippen LogP contribution in [0, 0.1) is 6.92 Å². The van der Waals surface area contributed by atoms with Crippen LogP contribution in [0.1, 0.15) is 54.2 Å². The molecule has 138 valence electrons. The summed E-state index contributed by atoms with van der Waals surface area (Å²) in [6.07, 6.45) is 2.16. The predicted molar refractivity (Wildman–Crippen MR) is 102 cm³/mol.